The number of cyclic esters (lactones) is 1. The van der Waals surface area contributed by atoms with E-state index < -0.39 is 28.7 Å². The number of carbonyl (C=O) groups excluding carboxylic acids is 1. The number of esters is 1. The minimum Gasteiger partial charge on any atom is -0.543 e. The molecule has 2 aromatic carbocycles. The molecule has 7 heteroatoms. The SMILES string of the molecule is CC(C)(C)[Si](C)(C)Oc1cccc(C[C@H]2C(=O)OC[C@@H]2[C@H](O)c2cccc(O[Si](C)(C)C(C)(C)C)c2)c1. The Bertz CT molecular complexity index is 1100. The van der Waals surface area contributed by atoms with Crippen LogP contribution in [0.1, 0.15) is 58.8 Å². The van der Waals surface area contributed by atoms with E-state index >= 15 is 0 Å². The van der Waals surface area contributed by atoms with E-state index in [1.807, 2.05) is 48.5 Å². The van der Waals surface area contributed by atoms with Crippen molar-refractivity contribution in [3.63, 3.8) is 0 Å². The summed E-state index contributed by atoms with van der Waals surface area (Å²) in [7, 11) is -3.99. The van der Waals surface area contributed by atoms with Crippen LogP contribution in [0.15, 0.2) is 48.5 Å². The van der Waals surface area contributed by atoms with Crippen LogP contribution in [0.2, 0.25) is 36.3 Å². The molecule has 2 aromatic rings. The third kappa shape index (κ3) is 6.86. The predicted octanol–water partition coefficient (Wildman–Crippen LogP) is 7.52. The summed E-state index contributed by atoms with van der Waals surface area (Å²) in [6.45, 7) is 22.3. The Morgan fingerprint density at radius 3 is 1.95 bits per heavy atom. The van der Waals surface area contributed by atoms with Gasteiger partial charge in [-0.3, -0.25) is 4.79 Å². The maximum atomic E-state index is 12.8. The van der Waals surface area contributed by atoms with Gasteiger partial charge in [0.1, 0.15) is 11.5 Å². The van der Waals surface area contributed by atoms with Gasteiger partial charge >= 0.3 is 5.97 Å². The molecule has 0 bridgehead atoms. The Hall–Kier alpha value is -2.10. The smallest absolute Gasteiger partial charge is 0.309 e. The van der Waals surface area contributed by atoms with Gasteiger partial charge in [-0.1, -0.05) is 65.8 Å². The minimum absolute atomic E-state index is 0.0707. The van der Waals surface area contributed by atoms with Gasteiger partial charge in [0.25, 0.3) is 0 Å². The molecule has 1 aliphatic rings. The second-order valence-corrected chi connectivity index (χ2v) is 22.9. The first-order valence-electron chi connectivity index (χ1n) is 13.3. The zero-order chi connectivity index (χ0) is 27.8. The van der Waals surface area contributed by atoms with E-state index in [-0.39, 0.29) is 28.6 Å². The van der Waals surface area contributed by atoms with E-state index in [0.717, 1.165) is 22.6 Å². The highest BCUT2D eigenvalue weighted by molar-refractivity contribution is 6.75. The van der Waals surface area contributed by atoms with E-state index in [4.69, 9.17) is 13.6 Å². The van der Waals surface area contributed by atoms with Gasteiger partial charge in [0.05, 0.1) is 18.6 Å². The van der Waals surface area contributed by atoms with Crippen molar-refractivity contribution in [1.29, 1.82) is 0 Å². The van der Waals surface area contributed by atoms with Crippen LogP contribution in [0.25, 0.3) is 0 Å². The fourth-order valence-electron chi connectivity index (χ4n) is 4.02. The highest BCUT2D eigenvalue weighted by atomic mass is 28.4. The number of benzene rings is 2. The lowest BCUT2D eigenvalue weighted by Gasteiger charge is -2.36. The first kappa shape index (κ1) is 29.5. The van der Waals surface area contributed by atoms with Gasteiger partial charge in [0, 0.05) is 5.92 Å². The highest BCUT2D eigenvalue weighted by Crippen LogP contribution is 2.41. The maximum Gasteiger partial charge on any atom is 0.309 e. The molecule has 204 valence electrons. The van der Waals surface area contributed by atoms with Gasteiger partial charge in [-0.2, -0.15) is 0 Å². The Morgan fingerprint density at radius 2 is 1.41 bits per heavy atom. The molecule has 0 spiro atoms. The molecule has 0 unspecified atom stereocenters. The molecule has 3 atom stereocenters. The number of hydrogen-bond donors (Lipinski definition) is 1. The van der Waals surface area contributed by atoms with Gasteiger partial charge in [-0.05, 0) is 78.1 Å². The van der Waals surface area contributed by atoms with Gasteiger partial charge in [-0.15, -0.1) is 0 Å². The highest BCUT2D eigenvalue weighted by Gasteiger charge is 2.43. The Labute approximate surface area is 225 Å². The predicted molar refractivity (Wildman–Crippen MR) is 155 cm³/mol. The summed E-state index contributed by atoms with van der Waals surface area (Å²) in [5.41, 5.74) is 1.76. The molecule has 1 fully saturated rings. The Morgan fingerprint density at radius 1 is 0.892 bits per heavy atom. The molecular formula is C30H46O5Si2. The van der Waals surface area contributed by atoms with Crippen LogP contribution in [0, 0.1) is 11.8 Å². The first-order valence-corrected chi connectivity index (χ1v) is 19.1. The largest absolute Gasteiger partial charge is 0.543 e. The van der Waals surface area contributed by atoms with Gasteiger partial charge in [0.2, 0.25) is 16.6 Å². The summed E-state index contributed by atoms with van der Waals surface area (Å²) >= 11 is 0. The molecule has 0 radical (unpaired) electrons. The second-order valence-electron chi connectivity index (χ2n) is 13.5. The molecule has 0 aromatic heterocycles. The van der Waals surface area contributed by atoms with Crippen molar-refractivity contribution in [2.75, 3.05) is 6.61 Å². The van der Waals surface area contributed by atoms with Crippen LogP contribution < -0.4 is 8.85 Å². The Kier molecular flexibility index (Phi) is 8.42. The topological polar surface area (TPSA) is 65.0 Å². The molecule has 3 rings (SSSR count). The van der Waals surface area contributed by atoms with Gasteiger partial charge in [-0.25, -0.2) is 0 Å². The lowest BCUT2D eigenvalue weighted by molar-refractivity contribution is -0.141. The molecule has 1 heterocycles. The number of aliphatic hydroxyl groups is 1. The third-order valence-corrected chi connectivity index (χ3v) is 17.3. The minimum atomic E-state index is -2.01. The van der Waals surface area contributed by atoms with Crippen LogP contribution >= 0.6 is 0 Å². The van der Waals surface area contributed by atoms with E-state index in [2.05, 4.69) is 67.7 Å². The molecule has 1 N–H and O–H groups in total. The summed E-state index contributed by atoms with van der Waals surface area (Å²) in [5, 5.41) is 11.5. The zero-order valence-corrected chi connectivity index (χ0v) is 26.3. The van der Waals surface area contributed by atoms with Crippen molar-refractivity contribution in [3.8, 4) is 11.5 Å². The second kappa shape index (κ2) is 10.6. The van der Waals surface area contributed by atoms with Crippen LogP contribution in [-0.2, 0) is 16.0 Å². The van der Waals surface area contributed by atoms with Crippen LogP contribution in [-0.4, -0.2) is 34.3 Å². The van der Waals surface area contributed by atoms with Gasteiger partial charge in [0.15, 0.2) is 0 Å². The molecule has 37 heavy (non-hydrogen) atoms. The van der Waals surface area contributed by atoms with Gasteiger partial charge < -0.3 is 18.7 Å². The number of ether oxygens (including phenoxy) is 1. The van der Waals surface area contributed by atoms with Crippen LogP contribution in [0.4, 0.5) is 0 Å². The number of carbonyl (C=O) groups is 1. The van der Waals surface area contributed by atoms with Crippen molar-refractivity contribution in [3.05, 3.63) is 59.7 Å². The monoisotopic (exact) mass is 542 g/mol. The molecule has 0 saturated carbocycles. The average Bonchev–Trinajstić information content (AvgIpc) is 3.11. The van der Waals surface area contributed by atoms with Crippen LogP contribution in [0.5, 0.6) is 11.5 Å². The first-order chi connectivity index (χ1) is 16.9. The van der Waals surface area contributed by atoms with Crippen LogP contribution in [0.3, 0.4) is 0 Å². The van der Waals surface area contributed by atoms with Crippen molar-refractivity contribution in [2.45, 2.75) is 90.3 Å². The Balaban J connectivity index is 1.78. The zero-order valence-electron chi connectivity index (χ0n) is 24.3. The lowest BCUT2D eigenvalue weighted by Crippen LogP contribution is -2.43. The summed E-state index contributed by atoms with van der Waals surface area (Å²) in [4.78, 5) is 12.8. The summed E-state index contributed by atoms with van der Waals surface area (Å²) < 4.78 is 18.4. The van der Waals surface area contributed by atoms with E-state index in [1.54, 1.807) is 0 Å². The summed E-state index contributed by atoms with van der Waals surface area (Å²) in [6.07, 6.45) is -0.332. The van der Waals surface area contributed by atoms with Crippen molar-refractivity contribution in [2.24, 2.45) is 11.8 Å². The summed E-state index contributed by atoms with van der Waals surface area (Å²) in [5.74, 6) is 0.584. The number of hydrogen-bond acceptors (Lipinski definition) is 5. The maximum absolute atomic E-state index is 12.8. The van der Waals surface area contributed by atoms with E-state index in [1.165, 1.54) is 0 Å². The standard InChI is InChI=1S/C30H46O5Si2/c1-29(2,3)36(7,8)34-23-15-11-13-21(17-23)18-25-26(20-33-28(25)32)27(31)22-14-12-16-24(19-22)35-37(9,10)30(4,5)6/h11-17,19,25-27,31H,18,20H2,1-10H3/t25-,26+,27-/m1/s1. The normalized spacial score (nSPS) is 19.9. The molecule has 1 saturated heterocycles. The molecule has 0 amide bonds. The molecule has 1 aliphatic heterocycles. The van der Waals surface area contributed by atoms with E-state index in [0.29, 0.717) is 6.42 Å². The van der Waals surface area contributed by atoms with Crippen molar-refractivity contribution in [1.82, 2.24) is 0 Å². The fourth-order valence-corrected chi connectivity index (χ4v) is 6.06. The molecule has 5 nitrogen and oxygen atoms in total. The summed E-state index contributed by atoms with van der Waals surface area (Å²) in [6, 6.07) is 15.7. The molecule has 0 aliphatic carbocycles. The number of aliphatic hydroxyl groups excluding tert-OH is 1. The molecular weight excluding hydrogens is 496 g/mol. The third-order valence-electron chi connectivity index (χ3n) is 8.56. The van der Waals surface area contributed by atoms with Crippen molar-refractivity contribution < 1.29 is 23.5 Å². The van der Waals surface area contributed by atoms with E-state index in [9.17, 15) is 9.90 Å². The average molecular weight is 543 g/mol. The fraction of sp³-hybridized carbons (Fsp3) is 0.567. The van der Waals surface area contributed by atoms with Crippen molar-refractivity contribution >= 4 is 22.6 Å². The number of rotatable bonds is 8. The quantitative estimate of drug-likeness (QED) is 0.276. The lowest BCUT2D eigenvalue weighted by atomic mass is 9.83.